The first-order chi connectivity index (χ1) is 29.1. The predicted molar refractivity (Wildman–Crippen MR) is 252 cm³/mol. The second-order valence-electron chi connectivity index (χ2n) is 14.6. The Bertz CT molecular complexity index is 3160. The zero-order valence-corrected chi connectivity index (χ0v) is 34.8. The van der Waals surface area contributed by atoms with Crippen LogP contribution in [0.2, 0.25) is 0 Å². The summed E-state index contributed by atoms with van der Waals surface area (Å²) in [4.78, 5) is 4.69. The van der Waals surface area contributed by atoms with Crippen LogP contribution in [-0.4, -0.2) is 0 Å². The van der Waals surface area contributed by atoms with Gasteiger partial charge in [-0.2, -0.15) is 0 Å². The lowest BCUT2D eigenvalue weighted by molar-refractivity contribution is 0.669. The van der Waals surface area contributed by atoms with E-state index in [4.69, 9.17) is 8.83 Å². The zero-order valence-electron chi connectivity index (χ0n) is 31.6. The molecule has 0 amide bonds. The van der Waals surface area contributed by atoms with E-state index in [0.717, 1.165) is 70.6 Å². The molecule has 0 spiro atoms. The van der Waals surface area contributed by atoms with Gasteiger partial charge in [-0.15, -0.1) is 0 Å². The van der Waals surface area contributed by atoms with Crippen LogP contribution in [0.1, 0.15) is 0 Å². The first-order valence-electron chi connectivity index (χ1n) is 19.5. The monoisotopic (exact) mass is 856 g/mol. The summed E-state index contributed by atoms with van der Waals surface area (Å²) in [7, 11) is 0. The number of fused-ring (bicyclic) bond motifs is 6. The molecule has 0 aliphatic carbocycles. The third kappa shape index (κ3) is 6.75. The molecule has 2 aromatic heterocycles. The predicted octanol–water partition coefficient (Wildman–Crippen LogP) is 17.2. The summed E-state index contributed by atoms with van der Waals surface area (Å²) in [6.07, 6.45) is 0. The molecule has 11 aromatic rings. The molecule has 0 aliphatic rings. The molecular weight excluding hydrogens is 825 g/mol. The Hall–Kier alpha value is -6.24. The van der Waals surface area contributed by atoms with E-state index in [9.17, 15) is 0 Å². The van der Waals surface area contributed by atoms with Gasteiger partial charge in [0, 0.05) is 56.7 Å². The Labute approximate surface area is 358 Å². The molecule has 11 rings (SSSR count). The van der Waals surface area contributed by atoms with Crippen LogP contribution in [-0.2, 0) is 0 Å². The van der Waals surface area contributed by atoms with Gasteiger partial charge in [0.15, 0.2) is 0 Å². The Morgan fingerprint density at radius 2 is 0.695 bits per heavy atom. The maximum atomic E-state index is 6.38. The normalized spacial score (nSPS) is 11.6. The average molecular weight is 858 g/mol. The van der Waals surface area contributed by atoms with Gasteiger partial charge in [0.05, 0.1) is 0 Å². The fourth-order valence-corrected chi connectivity index (χ4v) is 10.7. The van der Waals surface area contributed by atoms with Gasteiger partial charge in [-0.1, -0.05) is 163 Å². The van der Waals surface area contributed by atoms with Gasteiger partial charge >= 0.3 is 0 Å². The van der Waals surface area contributed by atoms with E-state index in [1.54, 1.807) is 23.5 Å². The first kappa shape index (κ1) is 35.9. The van der Waals surface area contributed by atoms with Gasteiger partial charge in [-0.3, -0.25) is 0 Å². The summed E-state index contributed by atoms with van der Waals surface area (Å²) in [5.41, 5.74) is 12.8. The molecule has 2 nitrogen and oxygen atoms in total. The average Bonchev–Trinajstić information content (AvgIpc) is 3.87. The van der Waals surface area contributed by atoms with Crippen molar-refractivity contribution in [2.45, 2.75) is 19.6 Å². The van der Waals surface area contributed by atoms with Crippen molar-refractivity contribution in [3.63, 3.8) is 0 Å². The maximum Gasteiger partial charge on any atom is 0.143 e. The second-order valence-corrected chi connectivity index (χ2v) is 17.6. The van der Waals surface area contributed by atoms with Crippen molar-refractivity contribution >= 4 is 83.3 Å². The lowest BCUT2D eigenvalue weighted by Crippen LogP contribution is -1.85. The van der Waals surface area contributed by atoms with E-state index in [1.807, 2.05) is 24.3 Å². The number of furan rings is 2. The van der Waals surface area contributed by atoms with Gasteiger partial charge in [0.25, 0.3) is 0 Å². The maximum absolute atomic E-state index is 6.38. The molecule has 0 N–H and O–H groups in total. The topological polar surface area (TPSA) is 26.3 Å². The van der Waals surface area contributed by atoms with Gasteiger partial charge in [0.2, 0.25) is 0 Å². The molecule has 0 aliphatic heterocycles. The third-order valence-corrected chi connectivity index (χ3v) is 14.4. The highest BCUT2D eigenvalue weighted by molar-refractivity contribution is 9.10. The van der Waals surface area contributed by atoms with E-state index in [-0.39, 0.29) is 0 Å². The molecule has 9 aromatic carbocycles. The van der Waals surface area contributed by atoms with Crippen LogP contribution in [0.25, 0.3) is 88.4 Å². The van der Waals surface area contributed by atoms with Gasteiger partial charge in [0.1, 0.15) is 22.3 Å². The van der Waals surface area contributed by atoms with E-state index >= 15 is 0 Å². The van der Waals surface area contributed by atoms with Crippen LogP contribution in [0.5, 0.6) is 0 Å². The van der Waals surface area contributed by atoms with Crippen molar-refractivity contribution in [3.05, 3.63) is 205 Å². The Kier molecular flexibility index (Phi) is 9.23. The molecule has 0 radical (unpaired) electrons. The fraction of sp³-hybridized carbons (Fsp3) is 0. The zero-order chi connectivity index (χ0) is 39.3. The molecule has 0 unspecified atom stereocenters. The number of halogens is 1. The molecule has 280 valence electrons. The number of benzene rings is 9. The van der Waals surface area contributed by atoms with Gasteiger partial charge in [-0.05, 0) is 110 Å². The molecule has 0 saturated heterocycles. The van der Waals surface area contributed by atoms with E-state index in [2.05, 4.69) is 192 Å². The Morgan fingerprint density at radius 1 is 0.322 bits per heavy atom. The molecule has 5 heteroatoms. The third-order valence-electron chi connectivity index (χ3n) is 10.9. The molecule has 0 saturated carbocycles. The van der Waals surface area contributed by atoms with Crippen LogP contribution < -0.4 is 0 Å². The van der Waals surface area contributed by atoms with Crippen LogP contribution in [0.3, 0.4) is 0 Å². The van der Waals surface area contributed by atoms with Crippen molar-refractivity contribution in [1.29, 1.82) is 0 Å². The minimum atomic E-state index is 0.911. The summed E-state index contributed by atoms with van der Waals surface area (Å²) < 4.78 is 13.9. The molecule has 0 atom stereocenters. The van der Waals surface area contributed by atoms with Crippen molar-refractivity contribution in [3.8, 4) is 44.5 Å². The van der Waals surface area contributed by atoms with Crippen LogP contribution in [0.4, 0.5) is 0 Å². The van der Waals surface area contributed by atoms with E-state index in [0.29, 0.717) is 0 Å². The molecule has 59 heavy (non-hydrogen) atoms. The highest BCUT2D eigenvalue weighted by Crippen LogP contribution is 2.44. The largest absolute Gasteiger partial charge is 0.455 e. The van der Waals surface area contributed by atoms with E-state index in [1.165, 1.54) is 41.8 Å². The summed E-state index contributed by atoms with van der Waals surface area (Å²) in [5.74, 6) is 0. The SMILES string of the molecule is Brc1c(Sc2cccc(-c3cccc(-c4cccc5c4oc4ccccc45)c3)c2)cccc1Sc1cccc(-c2cccc(-c3cccc4c3oc3ccccc34)c2)c1. The molecule has 2 heterocycles. The van der Waals surface area contributed by atoms with Crippen molar-refractivity contribution in [1.82, 2.24) is 0 Å². The van der Waals surface area contributed by atoms with Crippen LogP contribution in [0.15, 0.2) is 233 Å². The number of hydrogen-bond donors (Lipinski definition) is 0. The standard InChI is InChI=1S/C54H33BrO2S2/c55-52-50(58-40-18-7-14-36(32-40)34-12-5-16-38(30-34)42-22-9-24-46-44-20-1-3-26-48(44)56-53(42)46)28-11-29-51(52)59-41-19-8-15-37(33-41)35-13-6-17-39(31-35)43-23-10-25-47-45-21-2-4-27-49(45)57-54(43)47/h1-33H. The minimum Gasteiger partial charge on any atom is -0.455 e. The van der Waals surface area contributed by atoms with Gasteiger partial charge < -0.3 is 8.83 Å². The smallest absolute Gasteiger partial charge is 0.143 e. The Balaban J connectivity index is 0.845. The van der Waals surface area contributed by atoms with Crippen LogP contribution in [0, 0.1) is 0 Å². The summed E-state index contributed by atoms with van der Waals surface area (Å²) in [6.45, 7) is 0. The first-order valence-corrected chi connectivity index (χ1v) is 21.9. The van der Waals surface area contributed by atoms with Crippen molar-refractivity contribution in [2.24, 2.45) is 0 Å². The second kappa shape index (κ2) is 15.2. The number of para-hydroxylation sites is 4. The van der Waals surface area contributed by atoms with Crippen molar-refractivity contribution in [2.75, 3.05) is 0 Å². The molecule has 0 fully saturated rings. The quantitative estimate of drug-likeness (QED) is 0.152. The summed E-state index contributed by atoms with van der Waals surface area (Å²) in [6, 6.07) is 71.0. The highest BCUT2D eigenvalue weighted by atomic mass is 79.9. The fourth-order valence-electron chi connectivity index (χ4n) is 8.06. The van der Waals surface area contributed by atoms with Crippen LogP contribution >= 0.6 is 39.5 Å². The number of rotatable bonds is 8. The number of hydrogen-bond acceptors (Lipinski definition) is 4. The lowest BCUT2D eigenvalue weighted by atomic mass is 9.98. The Morgan fingerprint density at radius 3 is 1.19 bits per heavy atom. The minimum absolute atomic E-state index is 0.911. The van der Waals surface area contributed by atoms with Crippen molar-refractivity contribution < 1.29 is 8.83 Å². The molecule has 0 bridgehead atoms. The highest BCUT2D eigenvalue weighted by Gasteiger charge is 2.15. The lowest BCUT2D eigenvalue weighted by Gasteiger charge is -2.12. The summed E-state index contributed by atoms with van der Waals surface area (Å²) in [5, 5.41) is 4.56. The van der Waals surface area contributed by atoms with E-state index < -0.39 is 0 Å². The van der Waals surface area contributed by atoms with Gasteiger partial charge in [-0.25, -0.2) is 0 Å². The summed E-state index contributed by atoms with van der Waals surface area (Å²) >= 11 is 7.54. The molecular formula is C54H33BrO2S2.